The summed E-state index contributed by atoms with van der Waals surface area (Å²) < 4.78 is 51.6. The Labute approximate surface area is 655 Å². The average molecular weight is 1510 g/mol. The number of nitrogens with zero attached hydrogens (tertiary/aromatic N) is 2. The van der Waals surface area contributed by atoms with Crippen LogP contribution >= 0.6 is 0 Å². The summed E-state index contributed by atoms with van der Waals surface area (Å²) in [5, 5.41) is 27.2. The Kier molecular flexibility index (Phi) is 35.0. The first kappa shape index (κ1) is 83.7. The monoisotopic (exact) mass is 1510 g/mol. The third-order valence-corrected chi connectivity index (χ3v) is 18.7. The molecule has 0 amide bonds. The van der Waals surface area contributed by atoms with Gasteiger partial charge in [-0.2, -0.15) is 10.5 Å². The van der Waals surface area contributed by atoms with Crippen LogP contribution in [0.2, 0.25) is 0 Å². The third kappa shape index (κ3) is 29.2. The Hall–Kier alpha value is -12.4. The molecule has 0 heterocycles. The number of aromatic carboxylic acids is 1. The standard InChI is InChI=1S/C93H96N2O17/c94-66-68-25-29-70(30-26-68)72-37-53-84(54-38-72)110-91(101)76-41-47-81(48-42-76)104-57-19-14-8-2-5-11-17-23-61-108-89(99)79-63-80(65-86(64-79)112-93(103)78-45-51-83(52-46-78)106-59-21-13-7-1-4-10-16-22-60-107-88(98)75-35-33-74(34-36-75)87(96)97)90(100)109-62-24-18-12-6-3-9-15-20-58-105-82-49-43-77(44-50-82)92(102)111-85-55-39-73(40-56-85)71-31-27-69(67-95)28-32-71/h25-56,63-65H,1-24,57-62H2,(H,96,97). The third-order valence-electron chi connectivity index (χ3n) is 18.7. The predicted octanol–water partition coefficient (Wildman–Crippen LogP) is 21.2. The summed E-state index contributed by atoms with van der Waals surface area (Å²) in [6, 6.07) is 63.5. The number of nitriles is 2. The van der Waals surface area contributed by atoms with Crippen LogP contribution in [0.3, 0.4) is 0 Å². The second-order valence-corrected chi connectivity index (χ2v) is 27.2. The van der Waals surface area contributed by atoms with Crippen LogP contribution in [0.4, 0.5) is 0 Å². The van der Waals surface area contributed by atoms with E-state index in [-0.39, 0.29) is 41.2 Å². The number of carboxylic acid groups (broad SMARTS) is 1. The summed E-state index contributed by atoms with van der Waals surface area (Å²) >= 11 is 0. The number of unbranched alkanes of at least 4 members (excludes halogenated alkanes) is 21. The molecule has 9 rings (SSSR count). The molecule has 0 bridgehead atoms. The molecule has 9 aromatic rings. The van der Waals surface area contributed by atoms with Crippen molar-refractivity contribution in [2.24, 2.45) is 0 Å². The minimum atomic E-state index is -1.05. The predicted molar refractivity (Wildman–Crippen MR) is 425 cm³/mol. The van der Waals surface area contributed by atoms with Crippen LogP contribution in [0.1, 0.15) is 238 Å². The molecule has 19 nitrogen and oxygen atoms in total. The lowest BCUT2D eigenvalue weighted by atomic mass is 10.0. The molecule has 0 radical (unpaired) electrons. The van der Waals surface area contributed by atoms with Crippen molar-refractivity contribution in [2.45, 2.75) is 154 Å². The Morgan fingerprint density at radius 2 is 0.455 bits per heavy atom. The van der Waals surface area contributed by atoms with Crippen LogP contribution in [0.25, 0.3) is 22.3 Å². The van der Waals surface area contributed by atoms with E-state index in [1.54, 1.807) is 121 Å². The van der Waals surface area contributed by atoms with Gasteiger partial charge in [-0.05, 0) is 225 Å². The van der Waals surface area contributed by atoms with Gasteiger partial charge in [0.05, 0.1) is 102 Å². The molecular weight excluding hydrogens is 1420 g/mol. The highest BCUT2D eigenvalue weighted by Crippen LogP contribution is 2.28. The maximum atomic E-state index is 13.6. The van der Waals surface area contributed by atoms with Gasteiger partial charge in [-0.15, -0.1) is 0 Å². The lowest BCUT2D eigenvalue weighted by molar-refractivity contribution is 0.0482. The number of esters is 6. The molecule has 0 aromatic heterocycles. The van der Waals surface area contributed by atoms with E-state index in [4.69, 9.17) is 58.3 Å². The van der Waals surface area contributed by atoms with Gasteiger partial charge in [0, 0.05) is 0 Å². The van der Waals surface area contributed by atoms with Crippen molar-refractivity contribution in [1.82, 2.24) is 0 Å². The fourth-order valence-electron chi connectivity index (χ4n) is 12.2. The van der Waals surface area contributed by atoms with Gasteiger partial charge in [0.15, 0.2) is 0 Å². The Balaban J connectivity index is 0.636. The summed E-state index contributed by atoms with van der Waals surface area (Å²) in [4.78, 5) is 89.8. The number of carbonyl (C=O) groups is 7. The summed E-state index contributed by atoms with van der Waals surface area (Å²) in [7, 11) is 0. The molecule has 112 heavy (non-hydrogen) atoms. The molecule has 9 aromatic carbocycles. The van der Waals surface area contributed by atoms with E-state index >= 15 is 0 Å². The van der Waals surface area contributed by atoms with Gasteiger partial charge in [0.1, 0.15) is 34.5 Å². The van der Waals surface area contributed by atoms with Crippen molar-refractivity contribution in [3.8, 4) is 68.9 Å². The fourth-order valence-corrected chi connectivity index (χ4v) is 12.2. The van der Waals surface area contributed by atoms with E-state index in [0.29, 0.717) is 95.8 Å². The molecule has 0 unspecified atom stereocenters. The fraction of sp³-hybridized carbons (Fsp3) is 0.323. The lowest BCUT2D eigenvalue weighted by Gasteiger charge is -2.11. The van der Waals surface area contributed by atoms with Crippen molar-refractivity contribution in [1.29, 1.82) is 10.5 Å². The zero-order valence-electron chi connectivity index (χ0n) is 63.3. The topological polar surface area (TPSA) is 270 Å². The van der Waals surface area contributed by atoms with Gasteiger partial charge < -0.3 is 47.7 Å². The van der Waals surface area contributed by atoms with Crippen LogP contribution in [-0.4, -0.2) is 86.5 Å². The maximum absolute atomic E-state index is 13.6. The highest BCUT2D eigenvalue weighted by Gasteiger charge is 2.20. The largest absolute Gasteiger partial charge is 0.494 e. The van der Waals surface area contributed by atoms with E-state index in [1.807, 2.05) is 48.5 Å². The number of carbonyl (C=O) groups excluding carboxylic acids is 6. The number of carboxylic acids is 1. The van der Waals surface area contributed by atoms with Gasteiger partial charge in [0.25, 0.3) is 0 Å². The first-order chi connectivity index (χ1) is 54.8. The van der Waals surface area contributed by atoms with Gasteiger partial charge in [0.2, 0.25) is 0 Å². The summed E-state index contributed by atoms with van der Waals surface area (Å²) in [6.07, 6.45) is 22.7. The molecule has 19 heteroatoms. The maximum Gasteiger partial charge on any atom is 0.343 e. The molecule has 0 aliphatic carbocycles. The molecule has 0 aliphatic rings. The first-order valence-electron chi connectivity index (χ1n) is 38.8. The van der Waals surface area contributed by atoms with E-state index in [9.17, 15) is 33.6 Å². The zero-order chi connectivity index (χ0) is 78.8. The van der Waals surface area contributed by atoms with Gasteiger partial charge in [-0.1, -0.05) is 164 Å². The van der Waals surface area contributed by atoms with Gasteiger partial charge >= 0.3 is 41.8 Å². The Morgan fingerprint density at radius 3 is 0.741 bits per heavy atom. The summed E-state index contributed by atoms with van der Waals surface area (Å²) in [5.74, 6) is -1.70. The second-order valence-electron chi connectivity index (χ2n) is 27.2. The van der Waals surface area contributed by atoms with Crippen LogP contribution in [0, 0.1) is 22.7 Å². The minimum absolute atomic E-state index is 0.0139. The van der Waals surface area contributed by atoms with Crippen molar-refractivity contribution in [3.63, 3.8) is 0 Å². The van der Waals surface area contributed by atoms with Crippen molar-refractivity contribution in [3.05, 3.63) is 262 Å². The zero-order valence-corrected chi connectivity index (χ0v) is 63.3. The molecule has 0 saturated carbocycles. The summed E-state index contributed by atoms with van der Waals surface area (Å²) in [6.45, 7) is 2.25. The molecule has 0 atom stereocenters. The van der Waals surface area contributed by atoms with E-state index in [0.717, 1.165) is 164 Å². The second kappa shape index (κ2) is 46.9. The quantitative estimate of drug-likeness (QED) is 0.0161. The smallest absolute Gasteiger partial charge is 0.343 e. The molecule has 1 N–H and O–H groups in total. The van der Waals surface area contributed by atoms with Crippen LogP contribution in [0.15, 0.2) is 212 Å². The molecule has 0 aliphatic heterocycles. The highest BCUT2D eigenvalue weighted by atomic mass is 16.6. The minimum Gasteiger partial charge on any atom is -0.494 e. The van der Waals surface area contributed by atoms with Crippen LogP contribution in [-0.2, 0) is 14.2 Å². The number of hydrogen-bond donors (Lipinski definition) is 1. The Morgan fingerprint density at radius 1 is 0.232 bits per heavy atom. The number of rotatable bonds is 48. The number of benzene rings is 9. The van der Waals surface area contributed by atoms with Crippen molar-refractivity contribution in [2.75, 3.05) is 39.6 Å². The van der Waals surface area contributed by atoms with Gasteiger partial charge in [-0.25, -0.2) is 33.6 Å². The van der Waals surface area contributed by atoms with Gasteiger partial charge in [-0.3, -0.25) is 0 Å². The molecule has 0 fully saturated rings. The molecular formula is C93H96N2O17. The SMILES string of the molecule is N#Cc1ccc(-c2ccc(OC(=O)c3ccc(OCCCCCCCCCCOC(=O)c4cc(OC(=O)c5ccc(OCCCCCCCCCCOC(=O)c6ccc(C(=O)O)cc6)cc5)cc(C(=O)OCCCCCCCCCCOc5ccc(C(=O)Oc6ccc(-c7ccc(C#N)cc7)cc6)cc5)c4)cc3)cc2)cc1. The van der Waals surface area contributed by atoms with Crippen LogP contribution < -0.4 is 28.4 Å². The van der Waals surface area contributed by atoms with Crippen molar-refractivity contribution >= 4 is 41.8 Å². The highest BCUT2D eigenvalue weighted by molar-refractivity contribution is 5.98. The Bertz CT molecular complexity index is 4320. The van der Waals surface area contributed by atoms with Crippen molar-refractivity contribution < 1.29 is 81.3 Å². The number of hydrogen-bond acceptors (Lipinski definition) is 18. The lowest BCUT2D eigenvalue weighted by Crippen LogP contribution is -2.13. The molecule has 580 valence electrons. The number of ether oxygens (including phenoxy) is 9. The van der Waals surface area contributed by atoms with E-state index in [2.05, 4.69) is 12.1 Å². The average Bonchev–Trinajstić information content (AvgIpc) is 0.830. The summed E-state index contributed by atoms with van der Waals surface area (Å²) in [5.41, 5.74) is 6.55. The molecule has 0 saturated heterocycles. The first-order valence-corrected chi connectivity index (χ1v) is 38.8. The van der Waals surface area contributed by atoms with E-state index in [1.165, 1.54) is 42.5 Å². The van der Waals surface area contributed by atoms with E-state index < -0.39 is 41.8 Å². The normalized spacial score (nSPS) is 10.8. The molecule has 0 spiro atoms. The van der Waals surface area contributed by atoms with Crippen LogP contribution in [0.5, 0.6) is 34.5 Å².